The van der Waals surface area contributed by atoms with Gasteiger partial charge >= 0.3 is 0 Å². The Morgan fingerprint density at radius 1 is 1.32 bits per heavy atom. The van der Waals surface area contributed by atoms with E-state index in [1.54, 1.807) is 21.1 Å². The molecule has 2 amide bonds. The molecule has 0 saturated carbocycles. The fraction of sp³-hybridized carbons (Fsp3) is 0.450. The molecular weight excluding hydrogens is 424 g/mol. The van der Waals surface area contributed by atoms with E-state index in [1.165, 1.54) is 9.80 Å². The highest BCUT2D eigenvalue weighted by molar-refractivity contribution is 9.10. The number of aromatic nitrogens is 2. The lowest BCUT2D eigenvalue weighted by Crippen LogP contribution is -2.28. The van der Waals surface area contributed by atoms with Gasteiger partial charge in [0.25, 0.3) is 5.91 Å². The van der Waals surface area contributed by atoms with Gasteiger partial charge in [-0.25, -0.2) is 4.98 Å². The van der Waals surface area contributed by atoms with Gasteiger partial charge in [0, 0.05) is 51.8 Å². The molecule has 0 unspecified atom stereocenters. The quantitative estimate of drug-likeness (QED) is 0.412. The minimum Gasteiger partial charge on any atom is -0.382 e. The number of hydrogen-bond donors (Lipinski definition) is 0. The molecule has 152 valence electrons. The number of ether oxygens (including phenoxy) is 1. The van der Waals surface area contributed by atoms with Gasteiger partial charge in [-0.2, -0.15) is 0 Å². The number of nitrogens with zero attached hydrogens (tertiary/aromatic N) is 4. The summed E-state index contributed by atoms with van der Waals surface area (Å²) in [5.74, 6) is 0.936. The van der Waals surface area contributed by atoms with Gasteiger partial charge in [-0.1, -0.05) is 28.1 Å². The van der Waals surface area contributed by atoms with Crippen LogP contribution < -0.4 is 4.90 Å². The molecule has 8 heteroatoms. The molecule has 0 radical (unpaired) electrons. The highest BCUT2D eigenvalue weighted by Crippen LogP contribution is 2.24. The third-order valence-corrected chi connectivity index (χ3v) is 4.75. The van der Waals surface area contributed by atoms with Gasteiger partial charge in [0.2, 0.25) is 6.41 Å². The average Bonchev–Trinajstić information content (AvgIpc) is 3.02. The van der Waals surface area contributed by atoms with E-state index in [9.17, 15) is 9.59 Å². The van der Waals surface area contributed by atoms with E-state index in [0.29, 0.717) is 44.1 Å². The summed E-state index contributed by atoms with van der Waals surface area (Å²) in [6.07, 6.45) is 2.10. The summed E-state index contributed by atoms with van der Waals surface area (Å²) in [7, 11) is 4.99. The highest BCUT2D eigenvalue weighted by atomic mass is 79.9. The molecule has 0 spiro atoms. The minimum absolute atomic E-state index is 0.192. The predicted octanol–water partition coefficient (Wildman–Crippen LogP) is 2.96. The molecule has 0 N–H and O–H groups in total. The van der Waals surface area contributed by atoms with Crippen molar-refractivity contribution in [2.75, 3.05) is 39.3 Å². The van der Waals surface area contributed by atoms with Crippen LogP contribution in [0.3, 0.4) is 0 Å². The smallest absolute Gasteiger partial charge is 0.273 e. The van der Waals surface area contributed by atoms with Crippen molar-refractivity contribution in [1.29, 1.82) is 0 Å². The zero-order valence-corrected chi connectivity index (χ0v) is 18.4. The Hall–Kier alpha value is -2.19. The molecule has 2 aromatic rings. The van der Waals surface area contributed by atoms with Crippen molar-refractivity contribution in [1.82, 2.24) is 14.5 Å². The SMILES string of the molecule is CCOCCCc1nc(N(C)C=O)c(C(=O)N(C)C)n1Cc1cccc(Br)c1. The van der Waals surface area contributed by atoms with Crippen molar-refractivity contribution in [2.45, 2.75) is 26.3 Å². The zero-order valence-electron chi connectivity index (χ0n) is 16.8. The van der Waals surface area contributed by atoms with E-state index < -0.39 is 0 Å². The molecular formula is C20H27BrN4O3. The first-order valence-corrected chi connectivity index (χ1v) is 9.99. The molecule has 7 nitrogen and oxygen atoms in total. The van der Waals surface area contributed by atoms with Gasteiger partial charge in [-0.3, -0.25) is 9.59 Å². The first-order chi connectivity index (χ1) is 13.4. The van der Waals surface area contributed by atoms with Gasteiger partial charge in [0.05, 0.1) is 0 Å². The molecule has 28 heavy (non-hydrogen) atoms. The Labute approximate surface area is 174 Å². The van der Waals surface area contributed by atoms with Crippen LogP contribution in [-0.4, -0.2) is 61.1 Å². The Kier molecular flexibility index (Phi) is 8.19. The minimum atomic E-state index is -0.192. The lowest BCUT2D eigenvalue weighted by molar-refractivity contribution is -0.107. The molecule has 1 aromatic heterocycles. The standard InChI is InChI=1S/C20H27BrN4O3/c1-5-28-11-7-10-17-22-19(24(4)14-26)18(20(27)23(2)3)25(17)13-15-8-6-9-16(21)12-15/h6,8-9,12,14H,5,7,10-11,13H2,1-4H3. The van der Waals surface area contributed by atoms with Crippen LogP contribution in [0.4, 0.5) is 5.82 Å². The normalized spacial score (nSPS) is 10.8. The molecule has 2 rings (SSSR count). The number of carbonyl (C=O) groups excluding carboxylic acids is 2. The number of anilines is 1. The number of amides is 2. The maximum atomic E-state index is 12.9. The molecule has 0 fully saturated rings. The van der Waals surface area contributed by atoms with Gasteiger partial charge in [-0.05, 0) is 31.0 Å². The second-order valence-electron chi connectivity index (χ2n) is 6.63. The Morgan fingerprint density at radius 2 is 2.07 bits per heavy atom. The van der Waals surface area contributed by atoms with E-state index in [4.69, 9.17) is 4.74 Å². The Balaban J connectivity index is 2.52. The second kappa shape index (κ2) is 10.4. The summed E-state index contributed by atoms with van der Waals surface area (Å²) >= 11 is 3.49. The molecule has 0 saturated heterocycles. The number of carbonyl (C=O) groups is 2. The first kappa shape index (κ1) is 22.1. The van der Waals surface area contributed by atoms with Crippen molar-refractivity contribution in [3.8, 4) is 0 Å². The van der Waals surface area contributed by atoms with Crippen molar-refractivity contribution in [2.24, 2.45) is 0 Å². The van der Waals surface area contributed by atoms with Crippen molar-refractivity contribution >= 4 is 34.1 Å². The van der Waals surface area contributed by atoms with E-state index in [-0.39, 0.29) is 5.91 Å². The lowest BCUT2D eigenvalue weighted by Gasteiger charge is -2.17. The van der Waals surface area contributed by atoms with E-state index >= 15 is 0 Å². The monoisotopic (exact) mass is 450 g/mol. The Bertz CT molecular complexity index is 820. The molecule has 0 aliphatic carbocycles. The van der Waals surface area contributed by atoms with Crippen LogP contribution in [0, 0.1) is 0 Å². The van der Waals surface area contributed by atoms with Crippen LogP contribution in [-0.2, 0) is 22.5 Å². The topological polar surface area (TPSA) is 67.7 Å². The lowest BCUT2D eigenvalue weighted by atomic mass is 10.2. The van der Waals surface area contributed by atoms with Crippen molar-refractivity contribution < 1.29 is 14.3 Å². The molecule has 1 aromatic carbocycles. The number of rotatable bonds is 10. The molecule has 1 heterocycles. The number of hydrogen-bond acceptors (Lipinski definition) is 4. The van der Waals surface area contributed by atoms with Crippen LogP contribution in [0.2, 0.25) is 0 Å². The summed E-state index contributed by atoms with van der Waals surface area (Å²) < 4.78 is 8.31. The van der Waals surface area contributed by atoms with Gasteiger partial charge in [0.15, 0.2) is 11.5 Å². The summed E-state index contributed by atoms with van der Waals surface area (Å²) in [5, 5.41) is 0. The van der Waals surface area contributed by atoms with Gasteiger partial charge in [-0.15, -0.1) is 0 Å². The van der Waals surface area contributed by atoms with Gasteiger partial charge in [0.1, 0.15) is 5.82 Å². The summed E-state index contributed by atoms with van der Waals surface area (Å²) in [4.78, 5) is 31.8. The van der Waals surface area contributed by atoms with Crippen LogP contribution in [0.25, 0.3) is 0 Å². The largest absolute Gasteiger partial charge is 0.382 e. The number of halogens is 1. The molecule has 0 bridgehead atoms. The van der Waals surface area contributed by atoms with Crippen LogP contribution in [0.1, 0.15) is 35.2 Å². The zero-order chi connectivity index (χ0) is 20.7. The van der Waals surface area contributed by atoms with E-state index in [2.05, 4.69) is 20.9 Å². The van der Waals surface area contributed by atoms with Crippen LogP contribution in [0.5, 0.6) is 0 Å². The molecule has 0 atom stereocenters. The van der Waals surface area contributed by atoms with Gasteiger partial charge < -0.3 is 19.1 Å². The third-order valence-electron chi connectivity index (χ3n) is 4.25. The van der Waals surface area contributed by atoms with Crippen molar-refractivity contribution in [3.63, 3.8) is 0 Å². The number of imidazole rings is 1. The maximum Gasteiger partial charge on any atom is 0.273 e. The summed E-state index contributed by atoms with van der Waals surface area (Å²) in [5.41, 5.74) is 1.44. The third kappa shape index (κ3) is 5.42. The predicted molar refractivity (Wildman–Crippen MR) is 113 cm³/mol. The van der Waals surface area contributed by atoms with Crippen molar-refractivity contribution in [3.05, 3.63) is 45.8 Å². The van der Waals surface area contributed by atoms with E-state index in [1.807, 2.05) is 35.8 Å². The summed E-state index contributed by atoms with van der Waals surface area (Å²) in [6, 6.07) is 7.92. The van der Waals surface area contributed by atoms with E-state index in [0.717, 1.165) is 22.3 Å². The average molecular weight is 451 g/mol. The number of aryl methyl sites for hydroxylation is 1. The Morgan fingerprint density at radius 3 is 2.68 bits per heavy atom. The maximum absolute atomic E-state index is 12.9. The van der Waals surface area contributed by atoms with Crippen LogP contribution in [0.15, 0.2) is 28.7 Å². The summed E-state index contributed by atoms with van der Waals surface area (Å²) in [6.45, 7) is 3.73. The fourth-order valence-electron chi connectivity index (χ4n) is 2.86. The second-order valence-corrected chi connectivity index (χ2v) is 7.55. The number of benzene rings is 1. The van der Waals surface area contributed by atoms with Crippen LogP contribution >= 0.6 is 15.9 Å². The molecule has 0 aliphatic rings. The molecule has 0 aliphatic heterocycles. The fourth-order valence-corrected chi connectivity index (χ4v) is 3.31. The first-order valence-electron chi connectivity index (χ1n) is 9.20. The highest BCUT2D eigenvalue weighted by Gasteiger charge is 2.26.